The van der Waals surface area contributed by atoms with Crippen LogP contribution in [0.3, 0.4) is 0 Å². The fraction of sp³-hybridized carbons (Fsp3) is 0.929. The number of aliphatic hydroxyl groups excluding tert-OH is 1. The molecule has 0 atom stereocenters. The van der Waals surface area contributed by atoms with E-state index in [1.165, 1.54) is 0 Å². The molecular formula is C14H27N3O3S. The molecular weight excluding hydrogens is 290 g/mol. The Morgan fingerprint density at radius 2 is 2.05 bits per heavy atom. The minimum Gasteiger partial charge on any atom is -0.396 e. The van der Waals surface area contributed by atoms with E-state index in [4.69, 9.17) is 0 Å². The third kappa shape index (κ3) is 3.51. The van der Waals surface area contributed by atoms with Gasteiger partial charge < -0.3 is 15.3 Å². The largest absolute Gasteiger partial charge is 0.396 e. The van der Waals surface area contributed by atoms with Crippen molar-refractivity contribution in [2.45, 2.75) is 38.4 Å². The van der Waals surface area contributed by atoms with Gasteiger partial charge in [-0.1, -0.05) is 0 Å². The van der Waals surface area contributed by atoms with Gasteiger partial charge in [-0.05, 0) is 33.6 Å². The lowest BCUT2D eigenvalue weighted by Gasteiger charge is -2.39. The number of guanidine groups is 1. The van der Waals surface area contributed by atoms with E-state index < -0.39 is 14.6 Å². The average Bonchev–Trinajstić information content (AvgIpc) is 3.19. The monoisotopic (exact) mass is 317 g/mol. The first-order chi connectivity index (χ1) is 9.75. The Labute approximate surface area is 127 Å². The standard InChI is InChI=1S/C14H27N3O3S/c1-4-15-12(16-9-14(11-18)5-6-14)17-7-8-21(19,20)13(2,3)10-17/h18H,4-11H2,1-3H3,(H,15,16). The van der Waals surface area contributed by atoms with Gasteiger partial charge in [-0.3, -0.25) is 4.99 Å². The Bertz CT molecular complexity index is 510. The molecule has 1 saturated carbocycles. The summed E-state index contributed by atoms with van der Waals surface area (Å²) in [5.41, 5.74) is -0.0297. The molecule has 0 spiro atoms. The van der Waals surface area contributed by atoms with E-state index in [-0.39, 0.29) is 17.8 Å². The lowest BCUT2D eigenvalue weighted by Crippen LogP contribution is -2.57. The molecule has 1 aliphatic heterocycles. The Balaban J connectivity index is 2.10. The van der Waals surface area contributed by atoms with Gasteiger partial charge in [0, 0.05) is 25.0 Å². The van der Waals surface area contributed by atoms with E-state index in [1.54, 1.807) is 13.8 Å². The van der Waals surface area contributed by atoms with Crippen molar-refractivity contribution in [1.29, 1.82) is 0 Å². The van der Waals surface area contributed by atoms with Gasteiger partial charge in [0.25, 0.3) is 0 Å². The highest BCUT2D eigenvalue weighted by atomic mass is 32.2. The number of rotatable bonds is 4. The van der Waals surface area contributed by atoms with Crippen LogP contribution >= 0.6 is 0 Å². The van der Waals surface area contributed by atoms with Crippen molar-refractivity contribution in [3.8, 4) is 0 Å². The molecule has 21 heavy (non-hydrogen) atoms. The summed E-state index contributed by atoms with van der Waals surface area (Å²) in [6.07, 6.45) is 2.04. The Morgan fingerprint density at radius 3 is 2.52 bits per heavy atom. The fourth-order valence-electron chi connectivity index (χ4n) is 2.54. The topological polar surface area (TPSA) is 82.0 Å². The lowest BCUT2D eigenvalue weighted by molar-refractivity contribution is 0.216. The molecule has 1 heterocycles. The van der Waals surface area contributed by atoms with Gasteiger partial charge in [0.15, 0.2) is 15.8 Å². The summed E-state index contributed by atoms with van der Waals surface area (Å²) >= 11 is 0. The fourth-order valence-corrected chi connectivity index (χ4v) is 3.90. The zero-order valence-electron chi connectivity index (χ0n) is 13.2. The molecule has 0 aromatic heterocycles. The minimum absolute atomic E-state index is 0.0297. The first-order valence-electron chi connectivity index (χ1n) is 7.62. The maximum absolute atomic E-state index is 12.1. The molecule has 0 bridgehead atoms. The molecule has 122 valence electrons. The van der Waals surface area contributed by atoms with E-state index >= 15 is 0 Å². The Morgan fingerprint density at radius 1 is 1.38 bits per heavy atom. The summed E-state index contributed by atoms with van der Waals surface area (Å²) in [5, 5.41) is 12.6. The lowest BCUT2D eigenvalue weighted by atomic mass is 10.1. The highest BCUT2D eigenvalue weighted by Gasteiger charge is 2.43. The Kier molecular flexibility index (Phi) is 4.54. The number of sulfone groups is 1. The van der Waals surface area contributed by atoms with Gasteiger partial charge in [0.1, 0.15) is 0 Å². The molecule has 0 aromatic carbocycles. The van der Waals surface area contributed by atoms with Crippen LogP contribution in [0.2, 0.25) is 0 Å². The minimum atomic E-state index is -3.04. The number of aliphatic hydroxyl groups is 1. The normalized spacial score (nSPS) is 26.5. The van der Waals surface area contributed by atoms with Gasteiger partial charge in [-0.2, -0.15) is 0 Å². The Hall–Kier alpha value is -0.820. The molecule has 0 radical (unpaired) electrons. The van der Waals surface area contributed by atoms with Crippen LogP contribution in [0.25, 0.3) is 0 Å². The number of hydrogen-bond acceptors (Lipinski definition) is 4. The second-order valence-electron chi connectivity index (χ2n) is 6.83. The zero-order chi connectivity index (χ0) is 15.7. The maximum Gasteiger partial charge on any atom is 0.194 e. The SMILES string of the molecule is CCNC(=NCC1(CO)CC1)N1CCS(=O)(=O)C(C)(C)C1. The van der Waals surface area contributed by atoms with Crippen LogP contribution in [0.15, 0.2) is 4.99 Å². The molecule has 1 aliphatic carbocycles. The van der Waals surface area contributed by atoms with Gasteiger partial charge in [-0.15, -0.1) is 0 Å². The first kappa shape index (κ1) is 16.5. The summed E-state index contributed by atoms with van der Waals surface area (Å²) in [4.78, 5) is 6.66. The number of nitrogens with zero attached hydrogens (tertiary/aromatic N) is 2. The molecule has 2 fully saturated rings. The number of aliphatic imine (C=N–C) groups is 1. The molecule has 0 amide bonds. The third-order valence-corrected chi connectivity index (χ3v) is 7.07. The predicted octanol–water partition coefficient (Wildman–Crippen LogP) is 0.233. The second-order valence-corrected chi connectivity index (χ2v) is 9.57. The van der Waals surface area contributed by atoms with E-state index in [0.717, 1.165) is 25.3 Å². The summed E-state index contributed by atoms with van der Waals surface area (Å²) in [6, 6.07) is 0. The second kappa shape index (κ2) is 5.76. The number of hydrogen-bond donors (Lipinski definition) is 2. The van der Waals surface area contributed by atoms with Crippen LogP contribution in [-0.2, 0) is 9.84 Å². The quantitative estimate of drug-likeness (QED) is 0.573. The summed E-state index contributed by atoms with van der Waals surface area (Å²) in [7, 11) is -3.04. The van der Waals surface area contributed by atoms with Gasteiger partial charge in [-0.25, -0.2) is 8.42 Å². The van der Waals surface area contributed by atoms with Crippen molar-refractivity contribution in [2.75, 3.05) is 38.5 Å². The summed E-state index contributed by atoms with van der Waals surface area (Å²) in [5.74, 6) is 0.926. The maximum atomic E-state index is 12.1. The van der Waals surface area contributed by atoms with Crippen molar-refractivity contribution in [3.05, 3.63) is 0 Å². The van der Waals surface area contributed by atoms with Crippen LogP contribution in [0.1, 0.15) is 33.6 Å². The third-order valence-electron chi connectivity index (χ3n) is 4.53. The molecule has 0 unspecified atom stereocenters. The summed E-state index contributed by atoms with van der Waals surface area (Å²) < 4.78 is 23.4. The van der Waals surface area contributed by atoms with Crippen molar-refractivity contribution in [3.63, 3.8) is 0 Å². The smallest absolute Gasteiger partial charge is 0.194 e. The summed E-state index contributed by atoms with van der Waals surface area (Å²) in [6.45, 7) is 8.00. The van der Waals surface area contributed by atoms with Crippen molar-refractivity contribution >= 4 is 15.8 Å². The van der Waals surface area contributed by atoms with E-state index in [0.29, 0.717) is 19.6 Å². The predicted molar refractivity (Wildman–Crippen MR) is 84.2 cm³/mol. The van der Waals surface area contributed by atoms with E-state index in [9.17, 15) is 13.5 Å². The molecule has 6 nitrogen and oxygen atoms in total. The molecule has 2 rings (SSSR count). The first-order valence-corrected chi connectivity index (χ1v) is 9.27. The van der Waals surface area contributed by atoms with Crippen LogP contribution in [-0.4, -0.2) is 67.7 Å². The van der Waals surface area contributed by atoms with Crippen LogP contribution in [0, 0.1) is 5.41 Å². The van der Waals surface area contributed by atoms with E-state index in [2.05, 4.69) is 10.3 Å². The zero-order valence-corrected chi connectivity index (χ0v) is 14.0. The number of nitrogens with one attached hydrogen (secondary N) is 1. The van der Waals surface area contributed by atoms with Crippen molar-refractivity contribution < 1.29 is 13.5 Å². The van der Waals surface area contributed by atoms with Crippen LogP contribution in [0.5, 0.6) is 0 Å². The molecule has 2 N–H and O–H groups in total. The van der Waals surface area contributed by atoms with E-state index in [1.807, 2.05) is 11.8 Å². The highest BCUT2D eigenvalue weighted by molar-refractivity contribution is 7.92. The van der Waals surface area contributed by atoms with Crippen molar-refractivity contribution in [1.82, 2.24) is 10.2 Å². The van der Waals surface area contributed by atoms with Gasteiger partial charge in [0.2, 0.25) is 0 Å². The van der Waals surface area contributed by atoms with Crippen molar-refractivity contribution in [2.24, 2.45) is 10.4 Å². The molecule has 7 heteroatoms. The molecule has 1 saturated heterocycles. The average molecular weight is 317 g/mol. The molecule has 2 aliphatic rings. The van der Waals surface area contributed by atoms with Gasteiger partial charge in [0.05, 0.1) is 23.7 Å². The van der Waals surface area contributed by atoms with Crippen LogP contribution in [0.4, 0.5) is 0 Å². The van der Waals surface area contributed by atoms with Gasteiger partial charge >= 0.3 is 0 Å². The highest BCUT2D eigenvalue weighted by Crippen LogP contribution is 2.45. The molecule has 0 aromatic rings. The van der Waals surface area contributed by atoms with Crippen LogP contribution < -0.4 is 5.32 Å².